The van der Waals surface area contributed by atoms with Gasteiger partial charge >= 0.3 is 29.6 Å². The third-order valence-electron chi connectivity index (χ3n) is 5.49. The van der Waals surface area contributed by atoms with Crippen LogP contribution in [0.25, 0.3) is 0 Å². The van der Waals surface area contributed by atoms with E-state index in [-0.39, 0.29) is 35.7 Å². The van der Waals surface area contributed by atoms with Gasteiger partial charge in [-0.3, -0.25) is 0 Å². The molecule has 0 fully saturated rings. The van der Waals surface area contributed by atoms with Crippen molar-refractivity contribution in [3.8, 4) is 0 Å². The summed E-state index contributed by atoms with van der Waals surface area (Å²) in [5, 5.41) is 9.30. The second-order valence-corrected chi connectivity index (χ2v) is 9.82. The topological polar surface area (TPSA) is 77.4 Å². The molecule has 164 valence electrons. The van der Waals surface area contributed by atoms with Crippen molar-refractivity contribution >= 4 is 10.1 Å². The Morgan fingerprint density at radius 1 is 0.643 bits per heavy atom. The van der Waals surface area contributed by atoms with Crippen LogP contribution >= 0.6 is 0 Å². The Labute approximate surface area is 197 Å². The van der Waals surface area contributed by atoms with E-state index in [2.05, 4.69) is 13.8 Å². The third kappa shape index (κ3) is 20.2. The summed E-state index contributed by atoms with van der Waals surface area (Å²) in [5.74, 6) is 0. The molecule has 0 aliphatic heterocycles. The monoisotopic (exact) mass is 428 g/mol. The largest absolute Gasteiger partial charge is 1.00 e. The maximum atomic E-state index is 11.4. The van der Waals surface area contributed by atoms with Crippen molar-refractivity contribution in [3.05, 3.63) is 0 Å². The van der Waals surface area contributed by atoms with Gasteiger partial charge in [0.2, 0.25) is 0 Å². The first-order chi connectivity index (χ1) is 12.9. The fraction of sp³-hybridized carbons (Fsp3) is 1.00. The first kappa shape index (κ1) is 31.1. The molecule has 0 heterocycles. The van der Waals surface area contributed by atoms with E-state index in [9.17, 15) is 18.1 Å². The molecule has 0 radical (unpaired) electrons. The van der Waals surface area contributed by atoms with E-state index in [1.165, 1.54) is 25.7 Å². The Balaban J connectivity index is 0. The summed E-state index contributed by atoms with van der Waals surface area (Å²) in [4.78, 5) is 0. The van der Waals surface area contributed by atoms with E-state index in [1.54, 1.807) is 0 Å². The van der Waals surface area contributed by atoms with Crippen LogP contribution in [0.4, 0.5) is 0 Å². The third-order valence-corrected chi connectivity index (χ3v) is 6.78. The van der Waals surface area contributed by atoms with Crippen molar-refractivity contribution in [2.45, 2.75) is 141 Å². The molecular weight excluding hydrogens is 383 g/mol. The van der Waals surface area contributed by atoms with Gasteiger partial charge in [-0.15, -0.1) is 0 Å². The van der Waals surface area contributed by atoms with E-state index in [4.69, 9.17) is 0 Å². The molecule has 0 saturated carbocycles. The van der Waals surface area contributed by atoms with Gasteiger partial charge in [-0.2, -0.15) is 0 Å². The fourth-order valence-electron chi connectivity index (χ4n) is 3.64. The maximum absolute atomic E-state index is 11.4. The number of aliphatic hydroxyl groups excluding tert-OH is 1. The molecule has 6 heteroatoms. The van der Waals surface area contributed by atoms with Crippen molar-refractivity contribution < 1.29 is 47.6 Å². The first-order valence-corrected chi connectivity index (χ1v) is 13.0. The molecule has 1 N–H and O–H groups in total. The number of rotatable bonds is 20. The molecule has 0 aromatic carbocycles. The van der Waals surface area contributed by atoms with Crippen molar-refractivity contribution in [2.75, 3.05) is 0 Å². The van der Waals surface area contributed by atoms with Crippen molar-refractivity contribution in [3.63, 3.8) is 0 Å². The van der Waals surface area contributed by atoms with Gasteiger partial charge in [0.25, 0.3) is 0 Å². The molecule has 0 aromatic heterocycles. The molecule has 0 bridgehead atoms. The molecule has 0 aromatic rings. The Kier molecular flexibility index (Phi) is 23.4. The standard InChI is InChI=1S/C22H46O4S.Na/c1-3-5-7-10-13-17-21(23)18-14-11-9-12-16-20-22(27(24,25)26)19-15-8-6-4-2;/h21-23H,3-20H2,1-2H3,(H,24,25,26);/q;+1/p-1. The molecule has 2 atom stereocenters. The SMILES string of the molecule is CCCCCCCC(O)CCCCCCCC(CCCCCC)S(=O)(=O)[O-].[Na+]. The quantitative estimate of drug-likeness (QED) is 0.183. The Bertz CT molecular complexity index is 415. The van der Waals surface area contributed by atoms with E-state index < -0.39 is 15.4 Å². The molecule has 0 spiro atoms. The summed E-state index contributed by atoms with van der Waals surface area (Å²) in [6.45, 7) is 4.33. The maximum Gasteiger partial charge on any atom is 1.00 e. The molecule has 0 rings (SSSR count). The minimum absolute atomic E-state index is 0. The van der Waals surface area contributed by atoms with Gasteiger partial charge < -0.3 is 9.66 Å². The Hall–Kier alpha value is 0.870. The zero-order valence-corrected chi connectivity index (χ0v) is 21.8. The summed E-state index contributed by atoms with van der Waals surface area (Å²) < 4.78 is 34.2. The Morgan fingerprint density at radius 2 is 0.964 bits per heavy atom. The van der Waals surface area contributed by atoms with Gasteiger partial charge in [0.1, 0.15) is 0 Å². The fourth-order valence-corrected chi connectivity index (χ4v) is 4.55. The molecule has 4 nitrogen and oxygen atoms in total. The summed E-state index contributed by atoms with van der Waals surface area (Å²) in [7, 11) is -4.16. The average Bonchev–Trinajstić information content (AvgIpc) is 2.61. The van der Waals surface area contributed by atoms with Crippen LogP contribution in [0, 0.1) is 0 Å². The van der Waals surface area contributed by atoms with Crippen LogP contribution in [0.5, 0.6) is 0 Å². The van der Waals surface area contributed by atoms with Crippen LogP contribution in [-0.2, 0) is 10.1 Å². The molecule has 0 aliphatic rings. The van der Waals surface area contributed by atoms with E-state index >= 15 is 0 Å². The molecule has 0 saturated heterocycles. The second-order valence-electron chi connectivity index (χ2n) is 8.17. The predicted octanol–water partition coefficient (Wildman–Crippen LogP) is 3.33. The summed E-state index contributed by atoms with van der Waals surface area (Å²) in [5.41, 5.74) is 0. The van der Waals surface area contributed by atoms with Gasteiger partial charge in [0.05, 0.1) is 16.2 Å². The molecule has 2 unspecified atom stereocenters. The summed E-state index contributed by atoms with van der Waals surface area (Å²) in [6.07, 6.45) is 17.9. The van der Waals surface area contributed by atoms with Crippen LogP contribution in [-0.4, -0.2) is 29.4 Å². The number of hydrogen-bond acceptors (Lipinski definition) is 4. The first-order valence-electron chi connectivity index (χ1n) is 11.5. The smallest absolute Gasteiger partial charge is 0.748 e. The van der Waals surface area contributed by atoms with Gasteiger partial charge in [0, 0.05) is 5.25 Å². The number of aliphatic hydroxyl groups is 1. The molecule has 0 amide bonds. The Morgan fingerprint density at radius 3 is 1.36 bits per heavy atom. The van der Waals surface area contributed by atoms with Crippen LogP contribution in [0.3, 0.4) is 0 Å². The molecule has 0 aliphatic carbocycles. The van der Waals surface area contributed by atoms with Crippen molar-refractivity contribution in [1.82, 2.24) is 0 Å². The van der Waals surface area contributed by atoms with Gasteiger partial charge in [-0.1, -0.05) is 104 Å². The van der Waals surface area contributed by atoms with Gasteiger partial charge in [0.15, 0.2) is 0 Å². The van der Waals surface area contributed by atoms with E-state index in [0.29, 0.717) is 12.8 Å². The summed E-state index contributed by atoms with van der Waals surface area (Å²) >= 11 is 0. The average molecular weight is 429 g/mol. The number of unbranched alkanes of at least 4 members (excludes halogenated alkanes) is 11. The van der Waals surface area contributed by atoms with E-state index in [0.717, 1.165) is 77.0 Å². The number of hydrogen-bond donors (Lipinski definition) is 1. The minimum Gasteiger partial charge on any atom is -0.748 e. The van der Waals surface area contributed by atoms with Crippen LogP contribution in [0.1, 0.15) is 129 Å². The molecule has 28 heavy (non-hydrogen) atoms. The zero-order valence-electron chi connectivity index (χ0n) is 19.0. The van der Waals surface area contributed by atoms with Crippen LogP contribution < -0.4 is 29.6 Å². The van der Waals surface area contributed by atoms with Crippen LogP contribution in [0.15, 0.2) is 0 Å². The van der Waals surface area contributed by atoms with Crippen LogP contribution in [0.2, 0.25) is 0 Å². The van der Waals surface area contributed by atoms with Crippen molar-refractivity contribution in [2.24, 2.45) is 0 Å². The van der Waals surface area contributed by atoms with E-state index in [1.807, 2.05) is 0 Å². The zero-order chi connectivity index (χ0) is 20.4. The minimum atomic E-state index is -4.16. The predicted molar refractivity (Wildman–Crippen MR) is 114 cm³/mol. The van der Waals surface area contributed by atoms with Crippen molar-refractivity contribution in [1.29, 1.82) is 0 Å². The van der Waals surface area contributed by atoms with Gasteiger partial charge in [-0.05, 0) is 25.7 Å². The second kappa shape index (κ2) is 21.1. The summed E-state index contributed by atoms with van der Waals surface area (Å²) in [6, 6.07) is 0. The molecular formula is C22H45NaO4S. The van der Waals surface area contributed by atoms with Gasteiger partial charge in [-0.25, -0.2) is 8.42 Å². The normalized spacial score (nSPS) is 13.9.